The van der Waals surface area contributed by atoms with Gasteiger partial charge in [0.2, 0.25) is 5.78 Å². The molecule has 0 unspecified atom stereocenters. The van der Waals surface area contributed by atoms with E-state index < -0.39 is 41.4 Å². The zero-order chi connectivity index (χ0) is 23.0. The van der Waals surface area contributed by atoms with Crippen molar-refractivity contribution in [2.24, 2.45) is 0 Å². The fourth-order valence-electron chi connectivity index (χ4n) is 4.15. The molecule has 31 heavy (non-hydrogen) atoms. The number of ketones is 2. The molecule has 0 heterocycles. The minimum atomic E-state index is -0.940. The summed E-state index contributed by atoms with van der Waals surface area (Å²) in [4.78, 5) is 26.5. The van der Waals surface area contributed by atoms with Gasteiger partial charge in [-0.2, -0.15) is 0 Å². The van der Waals surface area contributed by atoms with Crippen LogP contribution in [0.1, 0.15) is 62.9 Å². The molecule has 0 aromatic heterocycles. The third kappa shape index (κ3) is 3.56. The number of benzene rings is 2. The van der Waals surface area contributed by atoms with Crippen LogP contribution in [0.2, 0.25) is 0 Å². The maximum atomic E-state index is 13.3. The largest absolute Gasteiger partial charge is 0.507 e. The van der Waals surface area contributed by atoms with Crippen LogP contribution in [0.25, 0.3) is 0 Å². The maximum absolute atomic E-state index is 13.3. The highest BCUT2D eigenvalue weighted by Crippen LogP contribution is 2.44. The summed E-state index contributed by atoms with van der Waals surface area (Å²) in [6.45, 7) is 3.36. The fourth-order valence-corrected chi connectivity index (χ4v) is 4.15. The van der Waals surface area contributed by atoms with Gasteiger partial charge in [0.15, 0.2) is 5.78 Å². The Labute approximate surface area is 180 Å². The van der Waals surface area contributed by atoms with Crippen molar-refractivity contribution in [1.29, 1.82) is 0 Å². The molecule has 166 valence electrons. The number of aliphatic hydroxyl groups is 1. The first-order valence-electron chi connectivity index (χ1n) is 9.84. The molecule has 2 aromatic rings. The Morgan fingerprint density at radius 1 is 0.935 bits per heavy atom. The Morgan fingerprint density at radius 3 is 2.10 bits per heavy atom. The molecule has 3 rings (SSSR count). The lowest BCUT2D eigenvalue weighted by molar-refractivity contribution is -0.0922. The Bertz CT molecular complexity index is 1040. The first-order valence-corrected chi connectivity index (χ1v) is 9.84. The molecule has 1 aliphatic carbocycles. The maximum Gasteiger partial charge on any atom is 0.201 e. The van der Waals surface area contributed by atoms with Crippen LogP contribution in [0, 0.1) is 0 Å². The molecule has 0 spiro atoms. The minimum absolute atomic E-state index is 0.00518. The van der Waals surface area contributed by atoms with Crippen LogP contribution in [0.4, 0.5) is 0 Å². The highest BCUT2D eigenvalue weighted by molar-refractivity contribution is 6.30. The molecule has 0 amide bonds. The second-order valence-electron chi connectivity index (χ2n) is 7.40. The number of carbonyl (C=O) groups excluding carboxylic acids is 2. The summed E-state index contributed by atoms with van der Waals surface area (Å²) >= 11 is 0. The fraction of sp³-hybridized carbons (Fsp3) is 0.391. The number of carbonyl (C=O) groups is 2. The van der Waals surface area contributed by atoms with Crippen molar-refractivity contribution < 1.29 is 39.1 Å². The first-order chi connectivity index (χ1) is 14.7. The van der Waals surface area contributed by atoms with Crippen molar-refractivity contribution in [1.82, 2.24) is 0 Å². The van der Waals surface area contributed by atoms with Gasteiger partial charge in [-0.3, -0.25) is 9.59 Å². The number of ether oxygens (including phenoxy) is 3. The van der Waals surface area contributed by atoms with Crippen LogP contribution in [-0.4, -0.2) is 60.4 Å². The van der Waals surface area contributed by atoms with E-state index in [2.05, 4.69) is 0 Å². The summed E-state index contributed by atoms with van der Waals surface area (Å²) in [5.74, 6) is -1.81. The molecule has 0 fully saturated rings. The molecule has 0 saturated heterocycles. The standard InChI is InChI=1S/C23H26O8/c1-6-11-7-13-18(20(27)16(11)23(31-5)22(30-4)10(2)24)21(28)17-14(19(13)26)8-12(29-3)9-15(17)25/h7-10,22-25,27H,6H2,1-5H3/t10-,22+,23+/m1/s1. The van der Waals surface area contributed by atoms with E-state index in [4.69, 9.17) is 14.2 Å². The molecule has 0 bridgehead atoms. The van der Waals surface area contributed by atoms with Gasteiger partial charge < -0.3 is 29.5 Å². The van der Waals surface area contributed by atoms with E-state index in [0.29, 0.717) is 12.0 Å². The SMILES string of the molecule is CCc1cc2c(c(O)c1[C@H](OC)[C@@H](OC)[C@@H](C)O)C(=O)c1c(O)cc(OC)cc1C2=O. The Kier molecular flexibility index (Phi) is 6.35. The molecule has 0 radical (unpaired) electrons. The molecule has 1 aliphatic rings. The van der Waals surface area contributed by atoms with Crippen molar-refractivity contribution in [2.45, 2.75) is 38.6 Å². The summed E-state index contributed by atoms with van der Waals surface area (Å²) in [5, 5.41) is 31.7. The van der Waals surface area contributed by atoms with E-state index >= 15 is 0 Å². The molecule has 3 N–H and O–H groups in total. The average molecular weight is 430 g/mol. The van der Waals surface area contributed by atoms with Gasteiger partial charge in [-0.1, -0.05) is 6.92 Å². The molecule has 8 nitrogen and oxygen atoms in total. The van der Waals surface area contributed by atoms with E-state index in [1.54, 1.807) is 6.07 Å². The predicted octanol–water partition coefficient (Wildman–Crippen LogP) is 2.53. The van der Waals surface area contributed by atoms with Gasteiger partial charge in [-0.25, -0.2) is 0 Å². The lowest BCUT2D eigenvalue weighted by Gasteiger charge is -2.31. The highest BCUT2D eigenvalue weighted by atomic mass is 16.5. The summed E-state index contributed by atoms with van der Waals surface area (Å²) in [6, 6.07) is 4.17. The smallest absolute Gasteiger partial charge is 0.201 e. The predicted molar refractivity (Wildman–Crippen MR) is 111 cm³/mol. The van der Waals surface area contributed by atoms with Gasteiger partial charge >= 0.3 is 0 Å². The summed E-state index contributed by atoms with van der Waals surface area (Å²) < 4.78 is 16.0. The number of aromatic hydroxyl groups is 2. The van der Waals surface area contributed by atoms with E-state index in [-0.39, 0.29) is 33.6 Å². The van der Waals surface area contributed by atoms with E-state index in [0.717, 1.165) is 0 Å². The topological polar surface area (TPSA) is 123 Å². The lowest BCUT2D eigenvalue weighted by Crippen LogP contribution is -2.34. The summed E-state index contributed by atoms with van der Waals surface area (Å²) in [7, 11) is 4.19. The van der Waals surface area contributed by atoms with E-state index in [1.165, 1.54) is 40.4 Å². The van der Waals surface area contributed by atoms with Crippen molar-refractivity contribution >= 4 is 11.6 Å². The van der Waals surface area contributed by atoms with Crippen LogP contribution in [0.15, 0.2) is 18.2 Å². The van der Waals surface area contributed by atoms with Gasteiger partial charge in [-0.05, 0) is 31.0 Å². The van der Waals surface area contributed by atoms with Gasteiger partial charge in [0.1, 0.15) is 29.5 Å². The number of aliphatic hydroxyl groups excluding tert-OH is 1. The number of hydrogen-bond acceptors (Lipinski definition) is 8. The molecule has 2 aromatic carbocycles. The van der Waals surface area contributed by atoms with Crippen molar-refractivity contribution in [3.63, 3.8) is 0 Å². The van der Waals surface area contributed by atoms with Crippen LogP contribution >= 0.6 is 0 Å². The zero-order valence-corrected chi connectivity index (χ0v) is 18.1. The van der Waals surface area contributed by atoms with Gasteiger partial charge in [-0.15, -0.1) is 0 Å². The molecule has 8 heteroatoms. The first kappa shape index (κ1) is 22.7. The molecule has 3 atom stereocenters. The summed E-state index contributed by atoms with van der Waals surface area (Å²) in [6.07, 6.45) is -2.26. The van der Waals surface area contributed by atoms with Crippen LogP contribution < -0.4 is 4.74 Å². The van der Waals surface area contributed by atoms with E-state index in [9.17, 15) is 24.9 Å². The van der Waals surface area contributed by atoms with Crippen molar-refractivity contribution in [3.8, 4) is 17.2 Å². The highest BCUT2D eigenvalue weighted by Gasteiger charge is 2.39. The number of methoxy groups -OCH3 is 3. The zero-order valence-electron chi connectivity index (χ0n) is 18.1. The number of rotatable bonds is 7. The Morgan fingerprint density at radius 2 is 1.58 bits per heavy atom. The Balaban J connectivity index is 2.30. The third-order valence-corrected chi connectivity index (χ3v) is 5.66. The number of hydrogen-bond donors (Lipinski definition) is 3. The van der Waals surface area contributed by atoms with Crippen LogP contribution in [0.5, 0.6) is 17.2 Å². The lowest BCUT2D eigenvalue weighted by atomic mass is 9.79. The molecular weight excluding hydrogens is 404 g/mol. The second-order valence-corrected chi connectivity index (χ2v) is 7.40. The molecule has 0 aliphatic heterocycles. The Hall–Kier alpha value is -2.94. The van der Waals surface area contributed by atoms with Gasteiger partial charge in [0.05, 0.1) is 24.3 Å². The van der Waals surface area contributed by atoms with Crippen LogP contribution in [0.3, 0.4) is 0 Å². The molecule has 0 saturated carbocycles. The normalized spacial score (nSPS) is 15.8. The second kappa shape index (κ2) is 8.66. The number of fused-ring (bicyclic) bond motifs is 2. The minimum Gasteiger partial charge on any atom is -0.507 e. The summed E-state index contributed by atoms with van der Waals surface area (Å²) in [5.41, 5.74) is 0.454. The third-order valence-electron chi connectivity index (χ3n) is 5.66. The van der Waals surface area contributed by atoms with Crippen molar-refractivity contribution in [2.75, 3.05) is 21.3 Å². The number of phenols is 2. The van der Waals surface area contributed by atoms with Crippen molar-refractivity contribution in [3.05, 3.63) is 51.6 Å². The molecular formula is C23H26O8. The average Bonchev–Trinajstić information content (AvgIpc) is 2.74. The van der Waals surface area contributed by atoms with Crippen LogP contribution in [-0.2, 0) is 15.9 Å². The van der Waals surface area contributed by atoms with E-state index in [1.807, 2.05) is 6.92 Å². The number of aryl methyl sites for hydroxylation is 1. The monoisotopic (exact) mass is 430 g/mol. The quantitative estimate of drug-likeness (QED) is 0.523. The van der Waals surface area contributed by atoms with Gasteiger partial charge in [0, 0.05) is 37.0 Å². The van der Waals surface area contributed by atoms with Gasteiger partial charge in [0.25, 0.3) is 0 Å². The number of phenolic OH excluding ortho intramolecular Hbond substituents is 2.